The van der Waals surface area contributed by atoms with Crippen LogP contribution in [0.1, 0.15) is 63.3 Å². The number of benzene rings is 2. The lowest BCUT2D eigenvalue weighted by Crippen LogP contribution is -2.26. The van der Waals surface area contributed by atoms with E-state index in [2.05, 4.69) is 41.5 Å². The summed E-state index contributed by atoms with van der Waals surface area (Å²) in [5.41, 5.74) is 4.53. The van der Waals surface area contributed by atoms with E-state index in [4.69, 9.17) is 4.98 Å². The van der Waals surface area contributed by atoms with Gasteiger partial charge in [0, 0.05) is 29.9 Å². The van der Waals surface area contributed by atoms with Crippen LogP contribution in [-0.4, -0.2) is 21.1 Å². The highest BCUT2D eigenvalue weighted by molar-refractivity contribution is 5.65. The second-order valence-electron chi connectivity index (χ2n) is 9.11. The lowest BCUT2D eigenvalue weighted by Gasteiger charge is -2.29. The summed E-state index contributed by atoms with van der Waals surface area (Å²) in [6.45, 7) is 2.30. The number of nitrogens with one attached hydrogen (secondary N) is 1. The third-order valence-electron chi connectivity index (χ3n) is 6.58. The fourth-order valence-corrected chi connectivity index (χ4v) is 4.80. The maximum absolute atomic E-state index is 9.42. The molecule has 0 unspecified atom stereocenters. The molecule has 0 spiro atoms. The normalized spacial score (nSPS) is 18.4. The molecule has 1 aliphatic rings. The molecule has 0 radical (unpaired) electrons. The third kappa shape index (κ3) is 6.32. The molecule has 0 bridgehead atoms. The van der Waals surface area contributed by atoms with E-state index in [9.17, 15) is 5.11 Å². The zero-order valence-electron chi connectivity index (χ0n) is 19.1. The number of hydrogen-bond acceptors (Lipinski definition) is 4. The minimum atomic E-state index is 0.311. The van der Waals surface area contributed by atoms with E-state index >= 15 is 0 Å². The van der Waals surface area contributed by atoms with Gasteiger partial charge in [-0.25, -0.2) is 9.97 Å². The number of phenolic OH excluding ortho intramolecular Hbond substituents is 1. The minimum Gasteiger partial charge on any atom is -0.508 e. The zero-order chi connectivity index (χ0) is 22.2. The van der Waals surface area contributed by atoms with Crippen molar-refractivity contribution in [2.75, 3.05) is 5.32 Å². The van der Waals surface area contributed by atoms with Gasteiger partial charge in [-0.3, -0.25) is 0 Å². The maximum Gasteiger partial charge on any atom is 0.128 e. The van der Waals surface area contributed by atoms with Gasteiger partial charge in [-0.1, -0.05) is 44.0 Å². The Hall–Kier alpha value is -2.88. The molecule has 0 saturated heterocycles. The number of nitrogens with zero attached hydrogens (tertiary/aromatic N) is 2. The van der Waals surface area contributed by atoms with E-state index in [1.165, 1.54) is 49.8 Å². The van der Waals surface area contributed by atoms with Crippen molar-refractivity contribution in [3.05, 3.63) is 72.2 Å². The predicted octanol–water partition coefficient (Wildman–Crippen LogP) is 6.80. The van der Waals surface area contributed by atoms with Crippen molar-refractivity contribution >= 4 is 5.69 Å². The predicted molar refractivity (Wildman–Crippen MR) is 132 cm³/mol. The quantitative estimate of drug-likeness (QED) is 0.393. The van der Waals surface area contributed by atoms with Crippen LogP contribution in [0.4, 0.5) is 5.69 Å². The molecule has 32 heavy (non-hydrogen) atoms. The summed E-state index contributed by atoms with van der Waals surface area (Å²) in [6.07, 6.45) is 12.6. The van der Waals surface area contributed by atoms with Crippen LogP contribution < -0.4 is 5.32 Å². The van der Waals surface area contributed by atoms with E-state index < -0.39 is 0 Å². The lowest BCUT2D eigenvalue weighted by molar-refractivity contribution is 0.319. The summed E-state index contributed by atoms with van der Waals surface area (Å²) in [5, 5.41) is 13.2. The van der Waals surface area contributed by atoms with Gasteiger partial charge in [0.2, 0.25) is 0 Å². The number of aryl methyl sites for hydroxylation is 2. The SMILES string of the molecule is CCCC1CCC(Nc2cccc(-c3ccnc(CCCc4ccc(O)cc4)n3)c2)CC1. The molecule has 0 atom stereocenters. The van der Waals surface area contributed by atoms with Crippen molar-refractivity contribution in [3.63, 3.8) is 0 Å². The summed E-state index contributed by atoms with van der Waals surface area (Å²) in [4.78, 5) is 9.31. The van der Waals surface area contributed by atoms with Gasteiger partial charge in [-0.05, 0) is 80.3 Å². The number of aromatic hydroxyl groups is 1. The van der Waals surface area contributed by atoms with Gasteiger partial charge in [0.05, 0.1) is 5.69 Å². The number of phenols is 1. The Balaban J connectivity index is 1.34. The molecule has 3 aromatic rings. The number of anilines is 1. The second-order valence-corrected chi connectivity index (χ2v) is 9.11. The van der Waals surface area contributed by atoms with Gasteiger partial charge < -0.3 is 10.4 Å². The topological polar surface area (TPSA) is 58.0 Å². The first-order chi connectivity index (χ1) is 15.7. The Bertz CT molecular complexity index is 978. The number of aromatic nitrogens is 2. The standard InChI is InChI=1S/C28H35N3O/c1-2-5-21-10-14-24(15-11-21)30-25-8-4-7-23(20-25)27-18-19-29-28(31-27)9-3-6-22-12-16-26(32)17-13-22/h4,7-8,12-13,16-21,24,30,32H,2-3,5-6,9-11,14-15H2,1H3. The van der Waals surface area contributed by atoms with Crippen LogP contribution in [0.15, 0.2) is 60.8 Å². The fourth-order valence-electron chi connectivity index (χ4n) is 4.80. The molecule has 0 aliphatic heterocycles. The maximum atomic E-state index is 9.42. The van der Waals surface area contributed by atoms with E-state index in [1.807, 2.05) is 24.4 Å². The van der Waals surface area contributed by atoms with Crippen LogP contribution in [-0.2, 0) is 12.8 Å². The second kappa shape index (κ2) is 11.1. The molecule has 0 amide bonds. The van der Waals surface area contributed by atoms with E-state index in [0.29, 0.717) is 11.8 Å². The van der Waals surface area contributed by atoms with Crippen LogP contribution in [0.2, 0.25) is 0 Å². The van der Waals surface area contributed by atoms with Crippen LogP contribution in [0.25, 0.3) is 11.3 Å². The van der Waals surface area contributed by atoms with Gasteiger partial charge in [-0.15, -0.1) is 0 Å². The Kier molecular flexibility index (Phi) is 7.76. The average Bonchev–Trinajstić information content (AvgIpc) is 2.82. The van der Waals surface area contributed by atoms with Crippen LogP contribution in [0.5, 0.6) is 5.75 Å². The molecule has 4 rings (SSSR count). The number of rotatable bonds is 9. The summed E-state index contributed by atoms with van der Waals surface area (Å²) in [7, 11) is 0. The summed E-state index contributed by atoms with van der Waals surface area (Å²) in [5.74, 6) is 2.12. The first-order valence-electron chi connectivity index (χ1n) is 12.2. The monoisotopic (exact) mass is 429 g/mol. The van der Waals surface area contributed by atoms with Gasteiger partial charge in [0.1, 0.15) is 11.6 Å². The van der Waals surface area contributed by atoms with Crippen molar-refractivity contribution in [2.45, 2.75) is 70.8 Å². The highest BCUT2D eigenvalue weighted by atomic mass is 16.3. The van der Waals surface area contributed by atoms with Crippen molar-refractivity contribution in [1.82, 2.24) is 9.97 Å². The molecule has 2 N–H and O–H groups in total. The molecular formula is C28H35N3O. The molecule has 1 fully saturated rings. The van der Waals surface area contributed by atoms with Crippen molar-refractivity contribution < 1.29 is 5.11 Å². The highest BCUT2D eigenvalue weighted by Gasteiger charge is 2.20. The molecule has 4 nitrogen and oxygen atoms in total. The van der Waals surface area contributed by atoms with E-state index in [0.717, 1.165) is 42.3 Å². The van der Waals surface area contributed by atoms with E-state index in [1.54, 1.807) is 12.1 Å². The Morgan fingerprint density at radius 1 is 0.969 bits per heavy atom. The van der Waals surface area contributed by atoms with Gasteiger partial charge in [0.15, 0.2) is 0 Å². The van der Waals surface area contributed by atoms with Crippen molar-refractivity contribution in [2.24, 2.45) is 5.92 Å². The van der Waals surface area contributed by atoms with Crippen molar-refractivity contribution in [1.29, 1.82) is 0 Å². The van der Waals surface area contributed by atoms with Crippen LogP contribution >= 0.6 is 0 Å². The number of hydrogen-bond donors (Lipinski definition) is 2. The molecule has 4 heteroatoms. The zero-order valence-corrected chi connectivity index (χ0v) is 19.1. The molecule has 1 saturated carbocycles. The summed E-state index contributed by atoms with van der Waals surface area (Å²) in [6, 6.07) is 18.6. The third-order valence-corrected chi connectivity index (χ3v) is 6.58. The molecule has 168 valence electrons. The smallest absolute Gasteiger partial charge is 0.128 e. The van der Waals surface area contributed by atoms with Crippen LogP contribution in [0, 0.1) is 5.92 Å². The molecule has 1 aliphatic carbocycles. The minimum absolute atomic E-state index is 0.311. The summed E-state index contributed by atoms with van der Waals surface area (Å²) < 4.78 is 0. The largest absolute Gasteiger partial charge is 0.508 e. The van der Waals surface area contributed by atoms with Gasteiger partial charge >= 0.3 is 0 Å². The molecule has 2 aromatic carbocycles. The molecular weight excluding hydrogens is 394 g/mol. The molecule has 1 aromatic heterocycles. The Morgan fingerprint density at radius 3 is 2.56 bits per heavy atom. The van der Waals surface area contributed by atoms with Gasteiger partial charge in [-0.2, -0.15) is 0 Å². The van der Waals surface area contributed by atoms with E-state index in [-0.39, 0.29) is 0 Å². The lowest BCUT2D eigenvalue weighted by atomic mass is 9.83. The van der Waals surface area contributed by atoms with Crippen molar-refractivity contribution in [3.8, 4) is 17.0 Å². The summed E-state index contributed by atoms with van der Waals surface area (Å²) >= 11 is 0. The molecule has 1 heterocycles. The van der Waals surface area contributed by atoms with Crippen LogP contribution in [0.3, 0.4) is 0 Å². The Labute approximate surface area is 192 Å². The Morgan fingerprint density at radius 2 is 1.78 bits per heavy atom. The van der Waals surface area contributed by atoms with Gasteiger partial charge in [0.25, 0.3) is 0 Å². The first kappa shape index (κ1) is 22.3. The highest BCUT2D eigenvalue weighted by Crippen LogP contribution is 2.30. The fraction of sp³-hybridized carbons (Fsp3) is 0.429. The first-order valence-corrected chi connectivity index (χ1v) is 12.2. The average molecular weight is 430 g/mol.